The number of sulfonamides is 1. The van der Waals surface area contributed by atoms with Crippen molar-refractivity contribution in [3.05, 3.63) is 83.2 Å². The molecule has 27 heavy (non-hydrogen) atoms. The van der Waals surface area contributed by atoms with Crippen molar-refractivity contribution in [2.24, 2.45) is 0 Å². The van der Waals surface area contributed by atoms with E-state index in [1.54, 1.807) is 12.5 Å². The lowest BCUT2D eigenvalue weighted by Gasteiger charge is -2.34. The Morgan fingerprint density at radius 2 is 2.04 bits per heavy atom. The van der Waals surface area contributed by atoms with Crippen LogP contribution in [0.15, 0.2) is 66.1 Å². The van der Waals surface area contributed by atoms with E-state index in [-0.39, 0.29) is 16.0 Å². The Hall–Kier alpha value is -2.22. The van der Waals surface area contributed by atoms with Crippen LogP contribution in [0.4, 0.5) is 4.39 Å². The van der Waals surface area contributed by atoms with Crippen molar-refractivity contribution in [3.8, 4) is 0 Å². The van der Waals surface area contributed by atoms with Crippen molar-refractivity contribution in [3.63, 3.8) is 0 Å². The molecule has 1 N–H and O–H groups in total. The third kappa shape index (κ3) is 3.50. The second-order valence-electron chi connectivity index (χ2n) is 6.49. The third-order valence-electron chi connectivity index (χ3n) is 4.88. The monoisotopic (exact) mass is 405 g/mol. The molecule has 140 valence electrons. The van der Waals surface area contributed by atoms with Crippen LogP contribution in [0.2, 0.25) is 5.02 Å². The van der Waals surface area contributed by atoms with Crippen LogP contribution >= 0.6 is 11.6 Å². The summed E-state index contributed by atoms with van der Waals surface area (Å²) in [6, 6.07) is 10.6. The normalized spacial score (nSPS) is 19.6. The molecule has 5 nitrogen and oxygen atoms in total. The Morgan fingerprint density at radius 1 is 1.22 bits per heavy atom. The summed E-state index contributed by atoms with van der Waals surface area (Å²) in [5.41, 5.74) is 2.04. The summed E-state index contributed by atoms with van der Waals surface area (Å²) in [5, 5.41) is -0.229. The van der Waals surface area contributed by atoms with Crippen molar-refractivity contribution in [1.29, 1.82) is 0 Å². The summed E-state index contributed by atoms with van der Waals surface area (Å²) in [6.07, 6.45) is 6.81. The van der Waals surface area contributed by atoms with E-state index < -0.39 is 21.9 Å². The SMILES string of the molecule is O=S(=O)(N[C@H]1c2ccccc2CC[C@@H]1n1ccnc1)c1ccc(F)c(Cl)c1. The molecular weight excluding hydrogens is 389 g/mol. The third-order valence-corrected chi connectivity index (χ3v) is 6.60. The largest absolute Gasteiger partial charge is 0.332 e. The molecule has 0 spiro atoms. The standard InChI is InChI=1S/C19H17ClFN3O2S/c20-16-11-14(6-7-17(16)21)27(25,26)23-19-15-4-2-1-3-13(15)5-8-18(19)24-10-9-22-12-24/h1-4,6-7,9-12,18-19,23H,5,8H2/t18-,19-/m0/s1. The highest BCUT2D eigenvalue weighted by atomic mass is 35.5. The maximum absolute atomic E-state index is 13.4. The Kier molecular flexibility index (Phi) is 4.75. The van der Waals surface area contributed by atoms with Gasteiger partial charge in [0.15, 0.2) is 0 Å². The number of imidazole rings is 1. The van der Waals surface area contributed by atoms with Gasteiger partial charge in [0.2, 0.25) is 10.0 Å². The molecule has 1 aromatic heterocycles. The van der Waals surface area contributed by atoms with Gasteiger partial charge in [-0.3, -0.25) is 0 Å². The van der Waals surface area contributed by atoms with Crippen LogP contribution in [-0.2, 0) is 16.4 Å². The second kappa shape index (κ2) is 7.07. The van der Waals surface area contributed by atoms with Gasteiger partial charge < -0.3 is 4.57 Å². The van der Waals surface area contributed by atoms with Gasteiger partial charge in [-0.25, -0.2) is 22.5 Å². The Labute approximate surface area is 161 Å². The van der Waals surface area contributed by atoms with Crippen LogP contribution in [0.3, 0.4) is 0 Å². The lowest BCUT2D eigenvalue weighted by molar-refractivity contribution is 0.348. The molecule has 0 aliphatic heterocycles. The molecule has 1 aliphatic carbocycles. The van der Waals surface area contributed by atoms with E-state index in [4.69, 9.17) is 11.6 Å². The minimum absolute atomic E-state index is 0.0682. The molecule has 0 radical (unpaired) electrons. The lowest BCUT2D eigenvalue weighted by atomic mass is 9.84. The molecule has 2 aromatic carbocycles. The van der Waals surface area contributed by atoms with Crippen LogP contribution in [-0.4, -0.2) is 18.0 Å². The summed E-state index contributed by atoms with van der Waals surface area (Å²) in [6.45, 7) is 0. The van der Waals surface area contributed by atoms with E-state index in [0.29, 0.717) is 0 Å². The molecule has 0 fully saturated rings. The van der Waals surface area contributed by atoms with Crippen molar-refractivity contribution in [1.82, 2.24) is 14.3 Å². The molecule has 2 atom stereocenters. The van der Waals surface area contributed by atoms with Crippen molar-refractivity contribution in [2.75, 3.05) is 0 Å². The lowest BCUT2D eigenvalue weighted by Crippen LogP contribution is -2.37. The quantitative estimate of drug-likeness (QED) is 0.716. The number of hydrogen-bond acceptors (Lipinski definition) is 3. The van der Waals surface area contributed by atoms with Crippen molar-refractivity contribution >= 4 is 21.6 Å². The number of aromatic nitrogens is 2. The topological polar surface area (TPSA) is 64.0 Å². The zero-order valence-corrected chi connectivity index (χ0v) is 15.8. The number of nitrogens with one attached hydrogen (secondary N) is 1. The zero-order chi connectivity index (χ0) is 19.0. The fourth-order valence-corrected chi connectivity index (χ4v) is 5.07. The summed E-state index contributed by atoms with van der Waals surface area (Å²) >= 11 is 5.77. The number of fused-ring (bicyclic) bond motifs is 1. The smallest absolute Gasteiger partial charge is 0.241 e. The summed E-state index contributed by atoms with van der Waals surface area (Å²) in [5.74, 6) is -0.657. The molecule has 1 heterocycles. The molecule has 1 aliphatic rings. The minimum atomic E-state index is -3.90. The summed E-state index contributed by atoms with van der Waals surface area (Å²) in [7, 11) is -3.90. The van der Waals surface area contributed by atoms with E-state index in [0.717, 1.165) is 36.1 Å². The number of nitrogens with zero attached hydrogens (tertiary/aromatic N) is 2. The number of halogens is 2. The first-order valence-electron chi connectivity index (χ1n) is 8.48. The van der Waals surface area contributed by atoms with Gasteiger partial charge in [0, 0.05) is 12.4 Å². The van der Waals surface area contributed by atoms with Gasteiger partial charge in [0.1, 0.15) is 5.82 Å². The highest BCUT2D eigenvalue weighted by Crippen LogP contribution is 2.38. The Bertz CT molecular complexity index is 1070. The highest BCUT2D eigenvalue weighted by molar-refractivity contribution is 7.89. The summed E-state index contributed by atoms with van der Waals surface area (Å²) in [4.78, 5) is 4.02. The predicted octanol–water partition coefficient (Wildman–Crippen LogP) is 3.88. The van der Waals surface area contributed by atoms with Crippen LogP contribution < -0.4 is 4.72 Å². The van der Waals surface area contributed by atoms with E-state index in [1.807, 2.05) is 35.0 Å². The maximum Gasteiger partial charge on any atom is 0.241 e. The van der Waals surface area contributed by atoms with Gasteiger partial charge in [-0.1, -0.05) is 35.9 Å². The van der Waals surface area contributed by atoms with Gasteiger partial charge in [-0.15, -0.1) is 0 Å². The van der Waals surface area contributed by atoms with Gasteiger partial charge in [-0.05, 0) is 42.2 Å². The number of benzene rings is 2. The highest BCUT2D eigenvalue weighted by Gasteiger charge is 2.34. The predicted molar refractivity (Wildman–Crippen MR) is 100 cm³/mol. The van der Waals surface area contributed by atoms with Gasteiger partial charge >= 0.3 is 0 Å². The minimum Gasteiger partial charge on any atom is -0.332 e. The van der Waals surface area contributed by atoms with E-state index >= 15 is 0 Å². The van der Waals surface area contributed by atoms with Crippen LogP contribution in [0, 0.1) is 5.82 Å². The summed E-state index contributed by atoms with van der Waals surface area (Å²) < 4.78 is 44.1. The van der Waals surface area contributed by atoms with Gasteiger partial charge in [0.05, 0.1) is 28.3 Å². The van der Waals surface area contributed by atoms with Crippen molar-refractivity contribution < 1.29 is 12.8 Å². The number of aryl methyl sites for hydroxylation is 1. The van der Waals surface area contributed by atoms with Gasteiger partial charge in [-0.2, -0.15) is 0 Å². The zero-order valence-electron chi connectivity index (χ0n) is 14.2. The van der Waals surface area contributed by atoms with Crippen LogP contribution in [0.5, 0.6) is 0 Å². The first-order chi connectivity index (χ1) is 13.0. The number of hydrogen-bond donors (Lipinski definition) is 1. The van der Waals surface area contributed by atoms with E-state index in [1.165, 1.54) is 6.07 Å². The molecule has 0 saturated heterocycles. The first-order valence-corrected chi connectivity index (χ1v) is 10.3. The fourth-order valence-electron chi connectivity index (χ4n) is 3.55. The fraction of sp³-hybridized carbons (Fsp3) is 0.211. The Morgan fingerprint density at radius 3 is 2.78 bits per heavy atom. The Balaban J connectivity index is 1.75. The van der Waals surface area contributed by atoms with E-state index in [2.05, 4.69) is 9.71 Å². The molecule has 0 unspecified atom stereocenters. The second-order valence-corrected chi connectivity index (χ2v) is 8.61. The molecule has 0 bridgehead atoms. The molecular formula is C19H17ClFN3O2S. The molecule has 3 aromatic rings. The average molecular weight is 406 g/mol. The molecule has 0 amide bonds. The molecule has 0 saturated carbocycles. The maximum atomic E-state index is 13.4. The molecule has 4 rings (SSSR count). The first kappa shape index (κ1) is 18.2. The van der Waals surface area contributed by atoms with Crippen LogP contribution in [0.1, 0.15) is 29.6 Å². The van der Waals surface area contributed by atoms with Gasteiger partial charge in [0.25, 0.3) is 0 Å². The average Bonchev–Trinajstić information content (AvgIpc) is 3.18. The van der Waals surface area contributed by atoms with Crippen molar-refractivity contribution in [2.45, 2.75) is 29.8 Å². The number of rotatable bonds is 4. The van der Waals surface area contributed by atoms with Crippen LogP contribution in [0.25, 0.3) is 0 Å². The molecule has 8 heteroatoms. The van der Waals surface area contributed by atoms with E-state index in [9.17, 15) is 12.8 Å².